The van der Waals surface area contributed by atoms with Gasteiger partial charge in [-0.1, -0.05) is 120 Å². The van der Waals surface area contributed by atoms with Crippen molar-refractivity contribution in [3.8, 4) is 0 Å². The fourth-order valence-corrected chi connectivity index (χ4v) is 5.34. The van der Waals surface area contributed by atoms with E-state index >= 15 is 0 Å². The predicted molar refractivity (Wildman–Crippen MR) is 138 cm³/mol. The second-order valence-electron chi connectivity index (χ2n) is 10.2. The Kier molecular flexibility index (Phi) is 15.0. The quantitative estimate of drug-likeness (QED) is 0.394. The van der Waals surface area contributed by atoms with Gasteiger partial charge in [0.1, 0.15) is 0 Å². The summed E-state index contributed by atoms with van der Waals surface area (Å²) in [7, 11) is 0. The molecule has 0 aromatic heterocycles. The van der Waals surface area contributed by atoms with Crippen molar-refractivity contribution in [2.45, 2.75) is 118 Å². The fourth-order valence-electron chi connectivity index (χ4n) is 5.34. The molecule has 0 radical (unpaired) electrons. The van der Waals surface area contributed by atoms with Crippen LogP contribution in [-0.4, -0.2) is 0 Å². The molecule has 1 unspecified atom stereocenters. The summed E-state index contributed by atoms with van der Waals surface area (Å²) in [6.45, 7) is 14.2. The van der Waals surface area contributed by atoms with Crippen LogP contribution in [0.4, 0.5) is 0 Å². The molecule has 2 fully saturated rings. The molecule has 0 aliphatic heterocycles. The third-order valence-electron chi connectivity index (χ3n) is 6.89. The first-order chi connectivity index (χ1) is 14.5. The van der Waals surface area contributed by atoms with Crippen molar-refractivity contribution in [1.82, 2.24) is 0 Å². The van der Waals surface area contributed by atoms with E-state index in [9.17, 15) is 0 Å². The average molecular weight is 413 g/mol. The highest BCUT2D eigenvalue weighted by atomic mass is 14.3. The van der Waals surface area contributed by atoms with Gasteiger partial charge >= 0.3 is 0 Å². The van der Waals surface area contributed by atoms with E-state index in [1.165, 1.54) is 57.8 Å². The summed E-state index contributed by atoms with van der Waals surface area (Å²) in [4.78, 5) is 0. The smallest absolute Gasteiger partial charge is 0.0221 e. The Morgan fingerprint density at radius 3 is 2.10 bits per heavy atom. The second kappa shape index (κ2) is 16.6. The molecule has 0 heteroatoms. The molecule has 3 aliphatic rings. The summed E-state index contributed by atoms with van der Waals surface area (Å²) >= 11 is 0. The van der Waals surface area contributed by atoms with Crippen LogP contribution < -0.4 is 0 Å². The van der Waals surface area contributed by atoms with E-state index in [1.807, 2.05) is 26.0 Å². The minimum atomic E-state index is 0.770. The summed E-state index contributed by atoms with van der Waals surface area (Å²) in [6, 6.07) is 0. The van der Waals surface area contributed by atoms with Gasteiger partial charge in [0.2, 0.25) is 0 Å². The van der Waals surface area contributed by atoms with Gasteiger partial charge in [-0.15, -0.1) is 0 Å². The van der Waals surface area contributed by atoms with E-state index in [4.69, 9.17) is 0 Å². The van der Waals surface area contributed by atoms with Gasteiger partial charge in [-0.25, -0.2) is 0 Å². The molecule has 0 aromatic carbocycles. The van der Waals surface area contributed by atoms with Crippen molar-refractivity contribution in [1.29, 1.82) is 0 Å². The van der Waals surface area contributed by atoms with E-state index in [0.717, 1.165) is 29.2 Å². The van der Waals surface area contributed by atoms with E-state index in [-0.39, 0.29) is 0 Å². The maximum atomic E-state index is 3.66. The Bertz CT molecular complexity index is 518. The Hall–Kier alpha value is -1.04. The van der Waals surface area contributed by atoms with Crippen LogP contribution in [0.15, 0.2) is 48.1 Å². The molecule has 0 heterocycles. The first-order valence-corrected chi connectivity index (χ1v) is 13.1. The van der Waals surface area contributed by atoms with Crippen LogP contribution in [-0.2, 0) is 0 Å². The standard InChI is InChI=1S/C21H34.C6H10.C3H8/c1-17-6-5-7-19(16-17)11-10-18-12-14-21(15-13-18)20-8-3-2-4-9-20;1-4-5-6(2)3;1-3-2/h5-7,17-18,20-21H,2-4,8-16H2,1H3;4-5H,2H2,1,3H3;3H2,1-2H3/b;5-4+;. The summed E-state index contributed by atoms with van der Waals surface area (Å²) < 4.78 is 0. The van der Waals surface area contributed by atoms with Crippen LogP contribution in [0.5, 0.6) is 0 Å². The number of rotatable bonds is 5. The van der Waals surface area contributed by atoms with Gasteiger partial charge in [0.25, 0.3) is 0 Å². The van der Waals surface area contributed by atoms with Gasteiger partial charge in [0.15, 0.2) is 0 Å². The summed E-state index contributed by atoms with van der Waals surface area (Å²) in [5.74, 6) is 4.00. The first-order valence-electron chi connectivity index (χ1n) is 13.1. The molecule has 172 valence electrons. The highest BCUT2D eigenvalue weighted by Gasteiger charge is 2.28. The second-order valence-corrected chi connectivity index (χ2v) is 10.2. The van der Waals surface area contributed by atoms with Crippen molar-refractivity contribution in [3.63, 3.8) is 0 Å². The highest BCUT2D eigenvalue weighted by Crippen LogP contribution is 2.41. The molecule has 0 N–H and O–H groups in total. The minimum Gasteiger partial charge on any atom is -0.0961 e. The van der Waals surface area contributed by atoms with E-state index in [1.54, 1.807) is 31.3 Å². The first kappa shape index (κ1) is 27.0. The maximum absolute atomic E-state index is 3.66. The van der Waals surface area contributed by atoms with Gasteiger partial charge in [-0.05, 0) is 69.6 Å². The van der Waals surface area contributed by atoms with Gasteiger partial charge in [-0.3, -0.25) is 0 Å². The highest BCUT2D eigenvalue weighted by molar-refractivity contribution is 5.19. The van der Waals surface area contributed by atoms with Gasteiger partial charge in [0, 0.05) is 0 Å². The van der Waals surface area contributed by atoms with Crippen molar-refractivity contribution >= 4 is 0 Å². The molecule has 0 saturated heterocycles. The predicted octanol–water partition coefficient (Wildman–Crippen LogP) is 10.2. The van der Waals surface area contributed by atoms with Gasteiger partial charge in [-0.2, -0.15) is 0 Å². The van der Waals surface area contributed by atoms with E-state index in [2.05, 4.69) is 45.6 Å². The molecule has 30 heavy (non-hydrogen) atoms. The molecule has 0 bridgehead atoms. The SMILES string of the molecule is C=C(C)/C=C/C.CC1C=CC=C(CCC2CCC(C3CCCCC3)CC2)C1.CCC. The average Bonchev–Trinajstić information content (AvgIpc) is 2.74. The number of hydrogen-bond donors (Lipinski definition) is 0. The Morgan fingerprint density at radius 1 is 1.00 bits per heavy atom. The maximum Gasteiger partial charge on any atom is -0.0221 e. The lowest BCUT2D eigenvalue weighted by molar-refractivity contribution is 0.163. The summed E-state index contributed by atoms with van der Waals surface area (Å²) in [5, 5.41) is 0. The zero-order chi connectivity index (χ0) is 22.2. The van der Waals surface area contributed by atoms with Crippen molar-refractivity contribution < 1.29 is 0 Å². The molecule has 0 amide bonds. The lowest BCUT2D eigenvalue weighted by Crippen LogP contribution is -2.23. The van der Waals surface area contributed by atoms with E-state index < -0.39 is 0 Å². The van der Waals surface area contributed by atoms with E-state index in [0.29, 0.717) is 0 Å². The fraction of sp³-hybridized carbons (Fsp3) is 0.733. The lowest BCUT2D eigenvalue weighted by Gasteiger charge is -2.36. The van der Waals surface area contributed by atoms with Crippen molar-refractivity contribution in [2.75, 3.05) is 0 Å². The van der Waals surface area contributed by atoms with Crippen LogP contribution in [0.3, 0.4) is 0 Å². The van der Waals surface area contributed by atoms with Crippen molar-refractivity contribution in [2.24, 2.45) is 23.7 Å². The molecule has 3 aliphatic carbocycles. The van der Waals surface area contributed by atoms with Crippen LogP contribution in [0.25, 0.3) is 0 Å². The third-order valence-corrected chi connectivity index (χ3v) is 6.89. The largest absolute Gasteiger partial charge is 0.0961 e. The van der Waals surface area contributed by atoms with Gasteiger partial charge < -0.3 is 0 Å². The summed E-state index contributed by atoms with van der Waals surface area (Å²) in [6.07, 6.45) is 30.1. The Labute approximate surface area is 190 Å². The van der Waals surface area contributed by atoms with Crippen LogP contribution >= 0.6 is 0 Å². The van der Waals surface area contributed by atoms with Crippen LogP contribution in [0.2, 0.25) is 0 Å². The molecule has 0 aromatic rings. The van der Waals surface area contributed by atoms with Crippen molar-refractivity contribution in [3.05, 3.63) is 48.1 Å². The zero-order valence-electron chi connectivity index (χ0n) is 21.1. The third kappa shape index (κ3) is 12.0. The minimum absolute atomic E-state index is 0.770. The Balaban J connectivity index is 0.000000426. The topological polar surface area (TPSA) is 0 Å². The van der Waals surface area contributed by atoms with Crippen LogP contribution in [0.1, 0.15) is 118 Å². The summed E-state index contributed by atoms with van der Waals surface area (Å²) in [5.41, 5.74) is 2.82. The molecular weight excluding hydrogens is 360 g/mol. The Morgan fingerprint density at radius 2 is 1.60 bits per heavy atom. The monoisotopic (exact) mass is 412 g/mol. The normalized spacial score (nSPS) is 26.8. The molecule has 0 spiro atoms. The molecule has 2 saturated carbocycles. The number of allylic oxidation sites excluding steroid dienone is 7. The zero-order valence-corrected chi connectivity index (χ0v) is 21.1. The molecule has 3 rings (SSSR count). The van der Waals surface area contributed by atoms with Gasteiger partial charge in [0.05, 0.1) is 0 Å². The molecular formula is C30H52. The van der Waals surface area contributed by atoms with Crippen LogP contribution in [0, 0.1) is 23.7 Å². The molecule has 0 nitrogen and oxygen atoms in total. The lowest BCUT2D eigenvalue weighted by atomic mass is 9.70. The number of hydrogen-bond acceptors (Lipinski definition) is 0. The molecule has 1 atom stereocenters.